The summed E-state index contributed by atoms with van der Waals surface area (Å²) in [6.45, 7) is 1.95. The second-order valence-electron chi connectivity index (χ2n) is 5.17. The second kappa shape index (κ2) is 6.26. The van der Waals surface area contributed by atoms with Crippen molar-refractivity contribution in [3.63, 3.8) is 0 Å². The fourth-order valence-corrected chi connectivity index (χ4v) is 2.70. The number of hydrogen-bond donors (Lipinski definition) is 1. The van der Waals surface area contributed by atoms with Gasteiger partial charge in [-0.2, -0.15) is 0 Å². The lowest BCUT2D eigenvalue weighted by molar-refractivity contribution is -0.118. The largest absolute Gasteiger partial charge is 0.353 e. The molecule has 1 aliphatic rings. The van der Waals surface area contributed by atoms with Crippen LogP contribution < -0.4 is 5.32 Å². The summed E-state index contributed by atoms with van der Waals surface area (Å²) in [4.78, 5) is 20.7. The van der Waals surface area contributed by atoms with Crippen molar-refractivity contribution in [1.29, 1.82) is 0 Å². The molecule has 1 aliphatic carbocycles. The van der Waals surface area contributed by atoms with Gasteiger partial charge in [0.1, 0.15) is 0 Å². The number of nitrogens with one attached hydrogen (secondary N) is 1. The zero-order valence-corrected chi connectivity index (χ0v) is 12.7. The van der Waals surface area contributed by atoms with Crippen LogP contribution in [0.25, 0.3) is 11.3 Å². The van der Waals surface area contributed by atoms with Crippen LogP contribution in [0.5, 0.6) is 0 Å². The van der Waals surface area contributed by atoms with Gasteiger partial charge >= 0.3 is 0 Å². The summed E-state index contributed by atoms with van der Waals surface area (Å²) >= 11 is 1.39. The molecule has 0 aliphatic heterocycles. The summed E-state index contributed by atoms with van der Waals surface area (Å²) in [5.74, 6) is 0.433. The predicted octanol–water partition coefficient (Wildman–Crippen LogP) is 2.82. The van der Waals surface area contributed by atoms with E-state index in [4.69, 9.17) is 0 Å². The Morgan fingerprint density at radius 3 is 2.76 bits per heavy atom. The summed E-state index contributed by atoms with van der Waals surface area (Å²) in [5, 5.41) is 3.62. The molecule has 0 atom stereocenters. The molecule has 0 unspecified atom stereocenters. The molecule has 1 heterocycles. The summed E-state index contributed by atoms with van der Waals surface area (Å²) in [5.41, 5.74) is 2.87. The van der Waals surface area contributed by atoms with Gasteiger partial charge in [0.15, 0.2) is 5.16 Å². The van der Waals surface area contributed by atoms with Crippen LogP contribution in [0.15, 0.2) is 41.6 Å². The van der Waals surface area contributed by atoms with Crippen molar-refractivity contribution < 1.29 is 4.79 Å². The quantitative estimate of drug-likeness (QED) is 0.681. The van der Waals surface area contributed by atoms with Crippen LogP contribution in [-0.2, 0) is 4.79 Å². The third-order valence-corrected chi connectivity index (χ3v) is 4.03. The van der Waals surface area contributed by atoms with Gasteiger partial charge in [-0.15, -0.1) is 0 Å². The number of thioether (sulfide) groups is 1. The van der Waals surface area contributed by atoms with E-state index in [0.29, 0.717) is 17.0 Å². The lowest BCUT2D eigenvalue weighted by Gasteiger charge is -2.06. The van der Waals surface area contributed by atoms with Crippen molar-refractivity contribution in [3.05, 3.63) is 42.1 Å². The highest BCUT2D eigenvalue weighted by atomic mass is 32.2. The third kappa shape index (κ3) is 4.04. The Kier molecular flexibility index (Phi) is 4.20. The fourth-order valence-electron chi connectivity index (χ4n) is 1.99. The Labute approximate surface area is 128 Å². The summed E-state index contributed by atoms with van der Waals surface area (Å²) in [7, 11) is 0. The highest BCUT2D eigenvalue weighted by molar-refractivity contribution is 7.99. The molecule has 0 bridgehead atoms. The first kappa shape index (κ1) is 14.1. The van der Waals surface area contributed by atoms with Crippen molar-refractivity contribution in [1.82, 2.24) is 15.3 Å². The maximum absolute atomic E-state index is 11.7. The minimum Gasteiger partial charge on any atom is -0.353 e. The van der Waals surface area contributed by atoms with Crippen LogP contribution in [0.2, 0.25) is 0 Å². The van der Waals surface area contributed by atoms with E-state index >= 15 is 0 Å². The van der Waals surface area contributed by atoms with E-state index in [1.54, 1.807) is 0 Å². The van der Waals surface area contributed by atoms with Gasteiger partial charge in [0.05, 0.1) is 11.4 Å². The van der Waals surface area contributed by atoms with Gasteiger partial charge in [0.25, 0.3) is 0 Å². The molecule has 1 fully saturated rings. The molecule has 1 amide bonds. The van der Waals surface area contributed by atoms with Gasteiger partial charge in [-0.1, -0.05) is 42.1 Å². The zero-order valence-electron chi connectivity index (χ0n) is 11.9. The topological polar surface area (TPSA) is 54.9 Å². The fraction of sp³-hybridized carbons (Fsp3) is 0.312. The number of rotatable bonds is 5. The summed E-state index contributed by atoms with van der Waals surface area (Å²) in [6, 6.07) is 12.4. The van der Waals surface area contributed by atoms with Crippen molar-refractivity contribution in [2.75, 3.05) is 5.75 Å². The van der Waals surface area contributed by atoms with Crippen LogP contribution in [0.4, 0.5) is 0 Å². The minimum atomic E-state index is 0.0638. The van der Waals surface area contributed by atoms with Crippen molar-refractivity contribution in [2.45, 2.75) is 31.0 Å². The number of aromatic nitrogens is 2. The first-order valence-electron chi connectivity index (χ1n) is 7.04. The smallest absolute Gasteiger partial charge is 0.230 e. The van der Waals surface area contributed by atoms with E-state index in [9.17, 15) is 4.79 Å². The molecule has 4 nitrogen and oxygen atoms in total. The molecular weight excluding hydrogens is 282 g/mol. The standard InChI is InChI=1S/C16H17N3OS/c1-11-9-14(12-5-3-2-4-6-12)19-16(17-11)21-10-15(20)18-13-7-8-13/h2-6,9,13H,7-8,10H2,1H3,(H,18,20). The van der Waals surface area contributed by atoms with Crippen LogP contribution in [-0.4, -0.2) is 27.7 Å². The average Bonchev–Trinajstić information content (AvgIpc) is 3.29. The molecule has 0 radical (unpaired) electrons. The van der Waals surface area contributed by atoms with E-state index < -0.39 is 0 Å². The Balaban J connectivity index is 1.70. The molecule has 3 rings (SSSR count). The second-order valence-corrected chi connectivity index (χ2v) is 6.12. The van der Waals surface area contributed by atoms with Crippen LogP contribution in [0, 0.1) is 6.92 Å². The lowest BCUT2D eigenvalue weighted by Crippen LogP contribution is -2.27. The van der Waals surface area contributed by atoms with E-state index in [2.05, 4.69) is 15.3 Å². The number of carbonyl (C=O) groups is 1. The lowest BCUT2D eigenvalue weighted by atomic mass is 10.1. The highest BCUT2D eigenvalue weighted by Crippen LogP contribution is 2.22. The number of nitrogens with zero attached hydrogens (tertiary/aromatic N) is 2. The minimum absolute atomic E-state index is 0.0638. The first-order chi connectivity index (χ1) is 10.2. The number of aryl methyl sites for hydroxylation is 1. The van der Waals surface area contributed by atoms with Crippen LogP contribution >= 0.6 is 11.8 Å². The van der Waals surface area contributed by atoms with Gasteiger partial charge in [0, 0.05) is 17.3 Å². The van der Waals surface area contributed by atoms with Crippen LogP contribution in [0.1, 0.15) is 18.5 Å². The zero-order chi connectivity index (χ0) is 14.7. The molecule has 5 heteroatoms. The molecule has 21 heavy (non-hydrogen) atoms. The molecule has 1 aromatic carbocycles. The Morgan fingerprint density at radius 2 is 2.05 bits per heavy atom. The molecule has 0 saturated heterocycles. The molecule has 108 valence electrons. The van der Waals surface area contributed by atoms with Crippen molar-refractivity contribution in [2.24, 2.45) is 0 Å². The van der Waals surface area contributed by atoms with Gasteiger partial charge in [-0.25, -0.2) is 9.97 Å². The SMILES string of the molecule is Cc1cc(-c2ccccc2)nc(SCC(=O)NC2CC2)n1. The van der Waals surface area contributed by atoms with Gasteiger partial charge in [0.2, 0.25) is 5.91 Å². The summed E-state index contributed by atoms with van der Waals surface area (Å²) in [6.07, 6.45) is 2.21. The Bertz CT molecular complexity index is 641. The number of carbonyl (C=O) groups excluding carboxylic acids is 1. The molecule has 2 aromatic rings. The summed E-state index contributed by atoms with van der Waals surface area (Å²) < 4.78 is 0. The monoisotopic (exact) mass is 299 g/mol. The average molecular weight is 299 g/mol. The highest BCUT2D eigenvalue weighted by Gasteiger charge is 2.23. The number of amides is 1. The molecular formula is C16H17N3OS. The van der Waals surface area contributed by atoms with E-state index in [1.807, 2.05) is 43.3 Å². The van der Waals surface area contributed by atoms with E-state index in [-0.39, 0.29) is 5.91 Å². The molecule has 1 N–H and O–H groups in total. The maximum atomic E-state index is 11.7. The van der Waals surface area contributed by atoms with Crippen LogP contribution in [0.3, 0.4) is 0 Å². The number of hydrogen-bond acceptors (Lipinski definition) is 4. The normalized spacial score (nSPS) is 14.0. The molecule has 1 aromatic heterocycles. The van der Waals surface area contributed by atoms with Gasteiger partial charge in [-0.05, 0) is 25.8 Å². The predicted molar refractivity (Wildman–Crippen MR) is 84.1 cm³/mol. The van der Waals surface area contributed by atoms with Crippen molar-refractivity contribution in [3.8, 4) is 11.3 Å². The Morgan fingerprint density at radius 1 is 1.29 bits per heavy atom. The van der Waals surface area contributed by atoms with Gasteiger partial charge < -0.3 is 5.32 Å². The first-order valence-corrected chi connectivity index (χ1v) is 8.02. The van der Waals surface area contributed by atoms with Gasteiger partial charge in [-0.3, -0.25) is 4.79 Å². The maximum Gasteiger partial charge on any atom is 0.230 e. The Hall–Kier alpha value is -1.88. The van der Waals surface area contributed by atoms with Crippen molar-refractivity contribution >= 4 is 17.7 Å². The van der Waals surface area contributed by atoms with E-state index in [1.165, 1.54) is 11.8 Å². The molecule has 1 saturated carbocycles. The third-order valence-electron chi connectivity index (χ3n) is 3.18. The van der Waals surface area contributed by atoms with E-state index in [0.717, 1.165) is 29.8 Å². The number of benzene rings is 1. The molecule has 0 spiro atoms.